The number of fused-ring (bicyclic) bond motifs is 1. The molecule has 7 nitrogen and oxygen atoms in total. The lowest BCUT2D eigenvalue weighted by Gasteiger charge is -2.28. The number of hydrogen-bond acceptors (Lipinski definition) is 4. The molecule has 2 aromatic heterocycles. The van der Waals surface area contributed by atoms with Crippen LogP contribution in [0.2, 0.25) is 0 Å². The van der Waals surface area contributed by atoms with Gasteiger partial charge in [-0.25, -0.2) is 9.48 Å². The molecule has 0 spiro atoms. The number of carbonyl (C=O) groups is 1. The minimum atomic E-state index is -0.312. The van der Waals surface area contributed by atoms with Gasteiger partial charge in [-0.2, -0.15) is 0 Å². The molecule has 1 saturated carbocycles. The van der Waals surface area contributed by atoms with Crippen LogP contribution in [0.1, 0.15) is 32.6 Å². The van der Waals surface area contributed by atoms with Gasteiger partial charge in [0.25, 0.3) is 0 Å². The molecule has 0 saturated heterocycles. The number of aromatic nitrogens is 3. The highest BCUT2D eigenvalue weighted by atomic mass is 16.5. The van der Waals surface area contributed by atoms with Crippen molar-refractivity contribution in [3.05, 3.63) is 34.9 Å². The Morgan fingerprint density at radius 2 is 2.21 bits per heavy atom. The van der Waals surface area contributed by atoms with Crippen molar-refractivity contribution in [1.82, 2.24) is 19.5 Å². The molecule has 2 aromatic rings. The van der Waals surface area contributed by atoms with E-state index in [1.165, 1.54) is 28.3 Å². The van der Waals surface area contributed by atoms with Crippen molar-refractivity contribution in [2.24, 2.45) is 5.92 Å². The summed E-state index contributed by atoms with van der Waals surface area (Å²) in [6.45, 7) is 3.09. The molecular weight excluding hydrogens is 308 g/mol. The minimum Gasteiger partial charge on any atom is -0.376 e. The smallest absolute Gasteiger partial charge is 0.350 e. The SMILES string of the molecule is C[C@@H]1CCCC[C@H]1OCCNC(=O)Cn1nc2ccccn2c1=O. The van der Waals surface area contributed by atoms with E-state index < -0.39 is 0 Å². The molecule has 1 aliphatic carbocycles. The topological polar surface area (TPSA) is 77.6 Å². The van der Waals surface area contributed by atoms with Gasteiger partial charge < -0.3 is 10.1 Å². The fraction of sp³-hybridized carbons (Fsp3) is 0.588. The van der Waals surface area contributed by atoms with E-state index in [4.69, 9.17) is 4.74 Å². The molecule has 2 atom stereocenters. The quantitative estimate of drug-likeness (QED) is 0.807. The van der Waals surface area contributed by atoms with Crippen LogP contribution in [0.4, 0.5) is 0 Å². The Morgan fingerprint density at radius 1 is 1.38 bits per heavy atom. The Bertz CT molecular complexity index is 752. The van der Waals surface area contributed by atoms with Crippen molar-refractivity contribution in [3.8, 4) is 0 Å². The average Bonchev–Trinajstić information content (AvgIpc) is 2.89. The molecular formula is C17H24N4O3. The van der Waals surface area contributed by atoms with Crippen molar-refractivity contribution >= 4 is 11.6 Å². The van der Waals surface area contributed by atoms with Crippen LogP contribution in [0, 0.1) is 5.92 Å². The number of pyridine rings is 1. The van der Waals surface area contributed by atoms with Gasteiger partial charge in [0.2, 0.25) is 5.91 Å². The minimum absolute atomic E-state index is 0.0830. The Morgan fingerprint density at radius 3 is 3.00 bits per heavy atom. The first-order chi connectivity index (χ1) is 11.6. The lowest BCUT2D eigenvalue weighted by molar-refractivity contribution is -0.122. The first-order valence-electron chi connectivity index (χ1n) is 8.57. The predicted octanol–water partition coefficient (Wildman–Crippen LogP) is 1.21. The fourth-order valence-electron chi connectivity index (χ4n) is 3.19. The maximum atomic E-state index is 12.1. The van der Waals surface area contributed by atoms with Crippen LogP contribution in [0.15, 0.2) is 29.2 Å². The number of nitrogens with zero attached hydrogens (tertiary/aromatic N) is 3. The largest absolute Gasteiger partial charge is 0.376 e. The van der Waals surface area contributed by atoms with E-state index in [1.54, 1.807) is 24.4 Å². The van der Waals surface area contributed by atoms with Gasteiger partial charge in [-0.3, -0.25) is 9.20 Å². The highest BCUT2D eigenvalue weighted by Crippen LogP contribution is 2.25. The summed E-state index contributed by atoms with van der Waals surface area (Å²) in [7, 11) is 0. The van der Waals surface area contributed by atoms with Gasteiger partial charge in [0.1, 0.15) is 6.54 Å². The molecule has 0 aliphatic heterocycles. The predicted molar refractivity (Wildman–Crippen MR) is 89.8 cm³/mol. The summed E-state index contributed by atoms with van der Waals surface area (Å²) in [4.78, 5) is 24.1. The molecule has 1 N–H and O–H groups in total. The molecule has 7 heteroatoms. The van der Waals surface area contributed by atoms with Gasteiger partial charge in [0, 0.05) is 12.7 Å². The number of amides is 1. The van der Waals surface area contributed by atoms with E-state index >= 15 is 0 Å². The standard InChI is InChI=1S/C17H24N4O3/c1-13-6-2-3-7-14(13)24-11-9-18-16(22)12-21-17(23)20-10-5-4-8-15(20)19-21/h4-5,8,10,13-14H,2-3,6-7,9,11-12H2,1H3,(H,18,22)/t13-,14-/m1/s1. The second-order valence-electron chi connectivity index (χ2n) is 6.39. The van der Waals surface area contributed by atoms with E-state index in [1.807, 2.05) is 0 Å². The molecule has 3 rings (SSSR count). The van der Waals surface area contributed by atoms with Gasteiger partial charge in [-0.05, 0) is 30.9 Å². The molecule has 2 heterocycles. The highest BCUT2D eigenvalue weighted by molar-refractivity contribution is 5.75. The van der Waals surface area contributed by atoms with Crippen LogP contribution in [0.5, 0.6) is 0 Å². The third kappa shape index (κ3) is 3.84. The molecule has 1 fully saturated rings. The fourth-order valence-corrected chi connectivity index (χ4v) is 3.19. The average molecular weight is 332 g/mol. The van der Waals surface area contributed by atoms with Gasteiger partial charge in [-0.15, -0.1) is 5.10 Å². The van der Waals surface area contributed by atoms with E-state index in [2.05, 4.69) is 17.3 Å². The summed E-state index contributed by atoms with van der Waals surface area (Å²) in [6.07, 6.45) is 6.76. The summed E-state index contributed by atoms with van der Waals surface area (Å²) in [6, 6.07) is 5.29. The maximum absolute atomic E-state index is 12.1. The number of hydrogen-bond donors (Lipinski definition) is 1. The van der Waals surface area contributed by atoms with Gasteiger partial charge in [-0.1, -0.05) is 25.8 Å². The van der Waals surface area contributed by atoms with Crippen LogP contribution in [-0.4, -0.2) is 39.3 Å². The Balaban J connectivity index is 1.45. The number of nitrogens with one attached hydrogen (secondary N) is 1. The van der Waals surface area contributed by atoms with Crippen LogP contribution < -0.4 is 11.0 Å². The summed E-state index contributed by atoms with van der Waals surface area (Å²) in [5.74, 6) is 0.354. The Labute approximate surface area is 140 Å². The van der Waals surface area contributed by atoms with E-state index in [0.29, 0.717) is 30.8 Å². The van der Waals surface area contributed by atoms with Gasteiger partial charge >= 0.3 is 5.69 Å². The highest BCUT2D eigenvalue weighted by Gasteiger charge is 2.21. The molecule has 130 valence electrons. The lowest BCUT2D eigenvalue weighted by Crippen LogP contribution is -2.35. The monoisotopic (exact) mass is 332 g/mol. The van der Waals surface area contributed by atoms with Crippen molar-refractivity contribution in [3.63, 3.8) is 0 Å². The number of rotatable bonds is 6. The zero-order valence-electron chi connectivity index (χ0n) is 14.0. The molecule has 1 amide bonds. The molecule has 0 unspecified atom stereocenters. The lowest BCUT2D eigenvalue weighted by atomic mass is 9.88. The van der Waals surface area contributed by atoms with Crippen LogP contribution in [0.3, 0.4) is 0 Å². The number of carbonyl (C=O) groups excluding carboxylic acids is 1. The van der Waals surface area contributed by atoms with Gasteiger partial charge in [0.15, 0.2) is 5.65 Å². The summed E-state index contributed by atoms with van der Waals surface area (Å²) in [5.41, 5.74) is 0.220. The Kier molecular flexibility index (Phi) is 5.30. The first-order valence-corrected chi connectivity index (χ1v) is 8.57. The first kappa shape index (κ1) is 16.7. The second kappa shape index (κ2) is 7.61. The third-order valence-electron chi connectivity index (χ3n) is 4.57. The molecule has 0 aromatic carbocycles. The van der Waals surface area contributed by atoms with Crippen LogP contribution in [-0.2, 0) is 16.1 Å². The van der Waals surface area contributed by atoms with Crippen molar-refractivity contribution in [2.45, 2.75) is 45.3 Å². The van der Waals surface area contributed by atoms with E-state index in [9.17, 15) is 9.59 Å². The number of ether oxygens (including phenoxy) is 1. The van der Waals surface area contributed by atoms with Crippen molar-refractivity contribution in [1.29, 1.82) is 0 Å². The van der Waals surface area contributed by atoms with E-state index in [-0.39, 0.29) is 18.1 Å². The third-order valence-corrected chi connectivity index (χ3v) is 4.57. The molecule has 24 heavy (non-hydrogen) atoms. The molecule has 0 radical (unpaired) electrons. The molecule has 0 bridgehead atoms. The van der Waals surface area contributed by atoms with Crippen molar-refractivity contribution in [2.75, 3.05) is 13.2 Å². The van der Waals surface area contributed by atoms with Gasteiger partial charge in [0.05, 0.1) is 12.7 Å². The van der Waals surface area contributed by atoms with Crippen LogP contribution in [0.25, 0.3) is 5.65 Å². The second-order valence-corrected chi connectivity index (χ2v) is 6.39. The zero-order chi connectivity index (χ0) is 16.9. The summed E-state index contributed by atoms with van der Waals surface area (Å²) >= 11 is 0. The zero-order valence-corrected chi connectivity index (χ0v) is 14.0. The van der Waals surface area contributed by atoms with Crippen LogP contribution >= 0.6 is 0 Å². The maximum Gasteiger partial charge on any atom is 0.350 e. The summed E-state index contributed by atoms with van der Waals surface area (Å²) < 4.78 is 8.46. The normalized spacial score (nSPS) is 21.0. The molecule has 1 aliphatic rings. The van der Waals surface area contributed by atoms with Crippen molar-refractivity contribution < 1.29 is 9.53 Å². The van der Waals surface area contributed by atoms with E-state index in [0.717, 1.165) is 6.42 Å². The Hall–Kier alpha value is -2.15. The summed E-state index contributed by atoms with van der Waals surface area (Å²) in [5, 5.41) is 6.92.